The lowest BCUT2D eigenvalue weighted by Crippen LogP contribution is -1.96. The van der Waals surface area contributed by atoms with Gasteiger partial charge in [0, 0.05) is 5.69 Å². The van der Waals surface area contributed by atoms with E-state index in [0.717, 1.165) is 17.0 Å². The fourth-order valence-corrected chi connectivity index (χ4v) is 1.37. The summed E-state index contributed by atoms with van der Waals surface area (Å²) in [7, 11) is 0. The maximum Gasteiger partial charge on any atom is 0.119 e. The minimum atomic E-state index is 0. The zero-order valence-corrected chi connectivity index (χ0v) is 9.39. The summed E-state index contributed by atoms with van der Waals surface area (Å²) in [6.45, 7) is 0.551. The van der Waals surface area contributed by atoms with E-state index in [1.165, 1.54) is 0 Å². The molecule has 0 saturated heterocycles. The Kier molecular flexibility index (Phi) is 6.40. The average molecular weight is 235 g/mol. The number of hydrogen-bond acceptors (Lipinski definition) is 2. The van der Waals surface area contributed by atoms with Crippen LogP contribution >= 0.6 is 0 Å². The lowest BCUT2D eigenvalue weighted by atomic mass is 10.2. The molecule has 0 spiro atoms. The van der Waals surface area contributed by atoms with Gasteiger partial charge < -0.3 is 21.4 Å². The van der Waals surface area contributed by atoms with E-state index in [0.29, 0.717) is 6.61 Å². The van der Waals surface area contributed by atoms with Crippen LogP contribution in [-0.4, -0.2) is 11.0 Å². The van der Waals surface area contributed by atoms with Gasteiger partial charge in [0.2, 0.25) is 0 Å². The highest BCUT2D eigenvalue weighted by Gasteiger charge is 1.95. The number of rotatable bonds is 3. The lowest BCUT2D eigenvalue weighted by Gasteiger charge is -2.06. The molecule has 0 radical (unpaired) electrons. The van der Waals surface area contributed by atoms with Crippen molar-refractivity contribution in [2.45, 2.75) is 6.61 Å². The van der Waals surface area contributed by atoms with E-state index in [-0.39, 0.29) is 11.0 Å². The van der Waals surface area contributed by atoms with Gasteiger partial charge in [-0.25, -0.2) is 0 Å². The van der Waals surface area contributed by atoms with Crippen LogP contribution in [0.5, 0.6) is 5.75 Å². The number of anilines is 1. The van der Waals surface area contributed by atoms with Crippen LogP contribution in [0, 0.1) is 0 Å². The van der Waals surface area contributed by atoms with Gasteiger partial charge in [-0.2, -0.15) is 0 Å². The van der Waals surface area contributed by atoms with E-state index in [1.807, 2.05) is 54.6 Å². The van der Waals surface area contributed by atoms with Crippen LogP contribution in [0.2, 0.25) is 0 Å². The fraction of sp³-hybridized carbons (Fsp3) is 0.0769. The molecule has 0 unspecified atom stereocenters. The van der Waals surface area contributed by atoms with Crippen LogP contribution in [0.15, 0.2) is 54.6 Å². The average Bonchev–Trinajstić information content (AvgIpc) is 2.28. The standard InChI is InChI=1S/C13H13NO.2H2O/c14-12-6-4-5-11(9-12)10-15-13-7-2-1-3-8-13;;/h1-9H,10,14H2;2*1H2. The van der Waals surface area contributed by atoms with Crippen LogP contribution in [0.25, 0.3) is 0 Å². The lowest BCUT2D eigenvalue weighted by molar-refractivity contribution is 0.306. The Labute approximate surface area is 100 Å². The predicted octanol–water partition coefficient (Wildman–Crippen LogP) is 1.20. The van der Waals surface area contributed by atoms with Gasteiger partial charge in [-0.05, 0) is 29.8 Å². The Morgan fingerprint density at radius 3 is 2.24 bits per heavy atom. The summed E-state index contributed by atoms with van der Waals surface area (Å²) in [4.78, 5) is 0. The number of nitrogen functional groups attached to an aromatic ring is 1. The third-order valence-electron chi connectivity index (χ3n) is 2.10. The molecule has 2 aromatic carbocycles. The quantitative estimate of drug-likeness (QED) is 0.808. The summed E-state index contributed by atoms with van der Waals surface area (Å²) in [5.74, 6) is 0.875. The van der Waals surface area contributed by atoms with Gasteiger partial charge in [0.15, 0.2) is 0 Å². The van der Waals surface area contributed by atoms with Gasteiger partial charge in [0.05, 0.1) is 0 Å². The summed E-state index contributed by atoms with van der Waals surface area (Å²) < 4.78 is 5.59. The first kappa shape index (κ1) is 15.0. The Bertz CT molecular complexity index is 432. The van der Waals surface area contributed by atoms with Crippen molar-refractivity contribution in [1.82, 2.24) is 0 Å². The normalized spacial score (nSPS) is 8.71. The Morgan fingerprint density at radius 1 is 0.882 bits per heavy atom. The van der Waals surface area contributed by atoms with Gasteiger partial charge in [-0.1, -0.05) is 30.3 Å². The van der Waals surface area contributed by atoms with E-state index in [1.54, 1.807) is 0 Å². The SMILES string of the molecule is Nc1cccc(COc2ccccc2)c1.O.O. The molecule has 0 heterocycles. The molecule has 0 aliphatic heterocycles. The van der Waals surface area contributed by atoms with Crippen LogP contribution in [0.3, 0.4) is 0 Å². The van der Waals surface area contributed by atoms with Gasteiger partial charge in [0.25, 0.3) is 0 Å². The minimum absolute atomic E-state index is 0. The molecular weight excluding hydrogens is 218 g/mol. The molecule has 0 saturated carbocycles. The molecule has 0 aliphatic rings. The molecular formula is C13H17NO3. The number of nitrogens with two attached hydrogens (primary N) is 1. The Hall–Kier alpha value is -2.04. The van der Waals surface area contributed by atoms with Crippen molar-refractivity contribution in [3.63, 3.8) is 0 Å². The molecule has 92 valence electrons. The van der Waals surface area contributed by atoms with Gasteiger partial charge in [-0.15, -0.1) is 0 Å². The minimum Gasteiger partial charge on any atom is -0.489 e. The molecule has 4 nitrogen and oxygen atoms in total. The van der Waals surface area contributed by atoms with Crippen molar-refractivity contribution in [3.8, 4) is 5.75 Å². The summed E-state index contributed by atoms with van der Waals surface area (Å²) in [6, 6.07) is 17.5. The first-order valence-corrected chi connectivity index (χ1v) is 4.87. The second kappa shape index (κ2) is 7.27. The smallest absolute Gasteiger partial charge is 0.119 e. The number of benzene rings is 2. The van der Waals surface area contributed by atoms with Gasteiger partial charge in [-0.3, -0.25) is 0 Å². The first-order chi connectivity index (χ1) is 7.34. The molecule has 0 bridgehead atoms. The molecule has 0 atom stereocenters. The molecule has 6 N–H and O–H groups in total. The van der Waals surface area contributed by atoms with Crippen molar-refractivity contribution in [1.29, 1.82) is 0 Å². The van der Waals surface area contributed by atoms with Crippen LogP contribution in [0.4, 0.5) is 5.69 Å². The molecule has 0 aromatic heterocycles. The van der Waals surface area contributed by atoms with Crippen molar-refractivity contribution < 1.29 is 15.7 Å². The van der Waals surface area contributed by atoms with Crippen molar-refractivity contribution in [3.05, 3.63) is 60.2 Å². The summed E-state index contributed by atoms with van der Waals surface area (Å²) in [5, 5.41) is 0. The van der Waals surface area contributed by atoms with E-state index in [9.17, 15) is 0 Å². The molecule has 4 heteroatoms. The highest BCUT2D eigenvalue weighted by atomic mass is 16.5. The Morgan fingerprint density at radius 2 is 1.59 bits per heavy atom. The summed E-state index contributed by atoms with van der Waals surface area (Å²) >= 11 is 0. The van der Waals surface area contributed by atoms with E-state index < -0.39 is 0 Å². The van der Waals surface area contributed by atoms with E-state index in [4.69, 9.17) is 10.5 Å². The molecule has 2 rings (SSSR count). The van der Waals surface area contributed by atoms with Gasteiger partial charge in [0.1, 0.15) is 12.4 Å². The Balaban J connectivity index is 0.00000128. The predicted molar refractivity (Wildman–Crippen MR) is 68.9 cm³/mol. The van der Waals surface area contributed by atoms with Crippen LogP contribution < -0.4 is 10.5 Å². The zero-order valence-electron chi connectivity index (χ0n) is 9.39. The molecule has 17 heavy (non-hydrogen) atoms. The van der Waals surface area contributed by atoms with Crippen LogP contribution in [-0.2, 0) is 6.61 Å². The van der Waals surface area contributed by atoms with E-state index >= 15 is 0 Å². The highest BCUT2D eigenvalue weighted by molar-refractivity contribution is 5.40. The van der Waals surface area contributed by atoms with Crippen molar-refractivity contribution in [2.24, 2.45) is 0 Å². The molecule has 0 aliphatic carbocycles. The molecule has 2 aromatic rings. The summed E-state index contributed by atoms with van der Waals surface area (Å²) in [6.07, 6.45) is 0. The number of ether oxygens (including phenoxy) is 1. The van der Waals surface area contributed by atoms with E-state index in [2.05, 4.69) is 0 Å². The van der Waals surface area contributed by atoms with Crippen molar-refractivity contribution >= 4 is 5.69 Å². The third kappa shape index (κ3) is 4.55. The second-order valence-corrected chi connectivity index (χ2v) is 3.35. The second-order valence-electron chi connectivity index (χ2n) is 3.35. The van der Waals surface area contributed by atoms with Gasteiger partial charge >= 0.3 is 0 Å². The van der Waals surface area contributed by atoms with Crippen molar-refractivity contribution in [2.75, 3.05) is 5.73 Å². The first-order valence-electron chi connectivity index (χ1n) is 4.87. The monoisotopic (exact) mass is 235 g/mol. The molecule has 0 fully saturated rings. The number of para-hydroxylation sites is 1. The molecule has 0 amide bonds. The highest BCUT2D eigenvalue weighted by Crippen LogP contribution is 2.12. The topological polar surface area (TPSA) is 98.2 Å². The summed E-state index contributed by atoms with van der Waals surface area (Å²) in [5.41, 5.74) is 7.52. The fourth-order valence-electron chi connectivity index (χ4n) is 1.37. The maximum absolute atomic E-state index is 5.67. The third-order valence-corrected chi connectivity index (χ3v) is 2.10. The largest absolute Gasteiger partial charge is 0.489 e. The van der Waals surface area contributed by atoms with Crippen LogP contribution in [0.1, 0.15) is 5.56 Å². The maximum atomic E-state index is 5.67. The zero-order chi connectivity index (χ0) is 10.5. The number of hydrogen-bond donors (Lipinski definition) is 1.